The second-order valence-corrected chi connectivity index (χ2v) is 13.4. The molecule has 0 aromatic carbocycles. The Morgan fingerprint density at radius 3 is 2.15 bits per heavy atom. The largest absolute Gasteiger partial charge is 0.390 e. The van der Waals surface area contributed by atoms with Crippen molar-refractivity contribution in [1.29, 1.82) is 0 Å². The van der Waals surface area contributed by atoms with Gasteiger partial charge < -0.3 is 20.4 Å². The Balaban J connectivity index is 1.56. The number of carbonyl (C=O) groups excluding carboxylic acids is 1. The minimum absolute atomic E-state index is 0.0158. The second-order valence-electron chi connectivity index (χ2n) is 13.4. The third-order valence-electron chi connectivity index (χ3n) is 11.7. The zero-order valence-corrected chi connectivity index (χ0v) is 21.6. The summed E-state index contributed by atoms with van der Waals surface area (Å²) in [5.41, 5.74) is -0.162. The average molecular weight is 465 g/mol. The number of hydrogen-bond donors (Lipinski definition) is 4. The van der Waals surface area contributed by atoms with Crippen LogP contribution in [0.3, 0.4) is 0 Å². The van der Waals surface area contributed by atoms with Crippen LogP contribution in [0.2, 0.25) is 0 Å². The number of fused-ring (bicyclic) bond motifs is 5. The maximum absolute atomic E-state index is 13.3. The van der Waals surface area contributed by atoms with Gasteiger partial charge in [0, 0.05) is 12.3 Å². The summed E-state index contributed by atoms with van der Waals surface area (Å²) >= 11 is 0. The van der Waals surface area contributed by atoms with Gasteiger partial charge in [-0.15, -0.1) is 0 Å². The van der Waals surface area contributed by atoms with Crippen molar-refractivity contribution in [1.82, 2.24) is 0 Å². The molecule has 4 aliphatic carbocycles. The summed E-state index contributed by atoms with van der Waals surface area (Å²) in [5.74, 6) is 2.05. The van der Waals surface area contributed by atoms with Crippen LogP contribution < -0.4 is 0 Å². The predicted octanol–water partition coefficient (Wildman–Crippen LogP) is 3.81. The predicted molar refractivity (Wildman–Crippen MR) is 128 cm³/mol. The summed E-state index contributed by atoms with van der Waals surface area (Å²) in [5, 5.41) is 42.8. The van der Waals surface area contributed by atoms with Gasteiger partial charge in [0.05, 0.1) is 24.4 Å². The summed E-state index contributed by atoms with van der Waals surface area (Å²) in [4.78, 5) is 13.3. The first-order valence-electron chi connectivity index (χ1n) is 13.6. The number of aliphatic hydroxyl groups is 4. The fraction of sp³-hybridized carbons (Fsp3) is 0.964. The van der Waals surface area contributed by atoms with Gasteiger partial charge >= 0.3 is 0 Å². The molecule has 0 spiro atoms. The molecule has 13 atom stereocenters. The van der Waals surface area contributed by atoms with Gasteiger partial charge in [-0.1, -0.05) is 41.5 Å². The summed E-state index contributed by atoms with van der Waals surface area (Å²) in [7, 11) is 0. The molecule has 33 heavy (non-hydrogen) atoms. The molecule has 4 N–H and O–H groups in total. The summed E-state index contributed by atoms with van der Waals surface area (Å²) in [6, 6.07) is 0. The summed E-state index contributed by atoms with van der Waals surface area (Å²) < 4.78 is 0. The van der Waals surface area contributed by atoms with E-state index < -0.39 is 24.4 Å². The van der Waals surface area contributed by atoms with E-state index in [2.05, 4.69) is 34.6 Å². The van der Waals surface area contributed by atoms with Crippen LogP contribution in [0.4, 0.5) is 0 Å². The fourth-order valence-electron chi connectivity index (χ4n) is 9.23. The van der Waals surface area contributed by atoms with Gasteiger partial charge in [0.15, 0.2) is 0 Å². The summed E-state index contributed by atoms with van der Waals surface area (Å²) in [6.07, 6.45) is 2.80. The Kier molecular flexibility index (Phi) is 6.88. The van der Waals surface area contributed by atoms with Crippen LogP contribution in [0.1, 0.15) is 86.5 Å². The van der Waals surface area contributed by atoms with Gasteiger partial charge in [-0.05, 0) is 90.8 Å². The van der Waals surface area contributed by atoms with Crippen molar-refractivity contribution in [2.45, 2.75) is 111 Å². The quantitative estimate of drug-likeness (QED) is 0.496. The van der Waals surface area contributed by atoms with Gasteiger partial charge in [-0.3, -0.25) is 4.79 Å². The van der Waals surface area contributed by atoms with Crippen LogP contribution in [0, 0.1) is 58.2 Å². The lowest BCUT2D eigenvalue weighted by Gasteiger charge is -2.61. The molecule has 0 unspecified atom stereocenters. The molecule has 4 aliphatic rings. The zero-order valence-electron chi connectivity index (χ0n) is 21.6. The Hall–Kier alpha value is -0.490. The molecular weight excluding hydrogens is 416 g/mol. The second kappa shape index (κ2) is 8.87. The first-order chi connectivity index (χ1) is 15.3. The van der Waals surface area contributed by atoms with E-state index in [9.17, 15) is 25.2 Å². The third-order valence-corrected chi connectivity index (χ3v) is 11.7. The van der Waals surface area contributed by atoms with Crippen molar-refractivity contribution < 1.29 is 25.2 Å². The lowest BCUT2D eigenvalue weighted by molar-refractivity contribution is -0.175. The molecule has 0 aromatic rings. The number of ketones is 1. The molecule has 4 saturated carbocycles. The monoisotopic (exact) mass is 464 g/mol. The molecule has 0 bridgehead atoms. The Labute approximate surface area is 200 Å². The van der Waals surface area contributed by atoms with E-state index in [4.69, 9.17) is 0 Å². The third kappa shape index (κ3) is 3.93. The van der Waals surface area contributed by atoms with Crippen molar-refractivity contribution in [3.8, 4) is 0 Å². The highest BCUT2D eigenvalue weighted by atomic mass is 16.3. The van der Waals surface area contributed by atoms with E-state index in [1.165, 1.54) is 0 Å². The maximum atomic E-state index is 13.3. The Bertz CT molecular complexity index is 738. The lowest BCUT2D eigenvalue weighted by Crippen LogP contribution is -2.59. The van der Waals surface area contributed by atoms with Crippen molar-refractivity contribution in [3.63, 3.8) is 0 Å². The van der Waals surface area contributed by atoms with E-state index in [-0.39, 0.29) is 34.4 Å². The molecule has 0 aromatic heterocycles. The molecule has 0 amide bonds. The number of carbonyl (C=O) groups is 1. The van der Waals surface area contributed by atoms with Gasteiger partial charge in [-0.25, -0.2) is 0 Å². The Morgan fingerprint density at radius 1 is 0.879 bits per heavy atom. The molecule has 0 heterocycles. The van der Waals surface area contributed by atoms with Crippen LogP contribution in [0.25, 0.3) is 0 Å². The van der Waals surface area contributed by atoms with E-state index in [0.717, 1.165) is 25.7 Å². The van der Waals surface area contributed by atoms with Gasteiger partial charge in [-0.2, -0.15) is 0 Å². The van der Waals surface area contributed by atoms with Gasteiger partial charge in [0.1, 0.15) is 5.78 Å². The highest BCUT2D eigenvalue weighted by Gasteiger charge is 2.63. The van der Waals surface area contributed by atoms with Crippen molar-refractivity contribution in [2.24, 2.45) is 58.2 Å². The van der Waals surface area contributed by atoms with E-state index >= 15 is 0 Å². The topological polar surface area (TPSA) is 98.0 Å². The molecule has 5 nitrogen and oxygen atoms in total. The SMILES string of the molecule is CC(C)[C@H](C)[C@@H](O)[C@H](O)[C@@H](C)[C@H]1CC[C@H]2[C@H]3CC(=O)[C@H]4C[C@@H](O)[C@@H](O)C[C@]4(C)[C@H]3CC[C@@]12C. The lowest BCUT2D eigenvalue weighted by atomic mass is 9.44. The number of rotatable bonds is 5. The van der Waals surface area contributed by atoms with Crippen LogP contribution in [-0.4, -0.2) is 50.6 Å². The van der Waals surface area contributed by atoms with Crippen molar-refractivity contribution in [2.75, 3.05) is 0 Å². The highest BCUT2D eigenvalue weighted by molar-refractivity contribution is 5.83. The zero-order chi connectivity index (χ0) is 24.5. The fourth-order valence-corrected chi connectivity index (χ4v) is 9.23. The number of aliphatic hydroxyl groups excluding tert-OH is 4. The van der Waals surface area contributed by atoms with Crippen LogP contribution in [0.5, 0.6) is 0 Å². The highest BCUT2D eigenvalue weighted by Crippen LogP contribution is 2.67. The van der Waals surface area contributed by atoms with Crippen LogP contribution in [-0.2, 0) is 4.79 Å². The normalized spacial score (nSPS) is 49.1. The molecule has 0 saturated heterocycles. The van der Waals surface area contributed by atoms with Crippen LogP contribution >= 0.6 is 0 Å². The smallest absolute Gasteiger partial charge is 0.136 e. The van der Waals surface area contributed by atoms with Gasteiger partial charge in [0.25, 0.3) is 0 Å². The molecule has 5 heteroatoms. The number of hydrogen-bond acceptors (Lipinski definition) is 5. The summed E-state index contributed by atoms with van der Waals surface area (Å²) in [6.45, 7) is 12.9. The van der Waals surface area contributed by atoms with Crippen LogP contribution in [0.15, 0.2) is 0 Å². The van der Waals surface area contributed by atoms with Crippen molar-refractivity contribution in [3.05, 3.63) is 0 Å². The first-order valence-corrected chi connectivity index (χ1v) is 13.6. The molecule has 190 valence electrons. The molecule has 4 rings (SSSR count). The maximum Gasteiger partial charge on any atom is 0.136 e. The Morgan fingerprint density at radius 2 is 1.52 bits per heavy atom. The standard InChI is InChI=1S/C28H48O5/c1-14(2)15(3)25(32)26(33)16(4)18-7-8-19-17-11-22(29)21-12-23(30)24(31)13-28(21,6)20(17)9-10-27(18,19)5/h14-21,23-26,30-33H,7-13H2,1-6H3/t15-,16-,17+,18+,19-,20-,21+,23+,24-,25+,26+,27-,28+/m0/s1. The van der Waals surface area contributed by atoms with E-state index in [0.29, 0.717) is 48.9 Å². The molecular formula is C28H48O5. The molecule has 4 fully saturated rings. The minimum atomic E-state index is -0.782. The van der Waals surface area contributed by atoms with E-state index in [1.807, 2.05) is 6.92 Å². The van der Waals surface area contributed by atoms with Crippen molar-refractivity contribution >= 4 is 5.78 Å². The molecule has 0 radical (unpaired) electrons. The van der Waals surface area contributed by atoms with Gasteiger partial charge in [0.2, 0.25) is 0 Å². The number of Topliss-reactive ketones (excluding diaryl/α,β-unsaturated/α-hetero) is 1. The molecule has 0 aliphatic heterocycles. The van der Waals surface area contributed by atoms with E-state index in [1.54, 1.807) is 0 Å². The minimum Gasteiger partial charge on any atom is -0.390 e. The first kappa shape index (κ1) is 25.6. The average Bonchev–Trinajstić information content (AvgIpc) is 3.10.